The Balaban J connectivity index is 0.000000215. The second-order valence-corrected chi connectivity index (χ2v) is 9.88. The number of benzene rings is 5. The molecule has 0 saturated heterocycles. The lowest BCUT2D eigenvalue weighted by Crippen LogP contribution is -2.18. The normalized spacial score (nSPS) is 10.1. The van der Waals surface area contributed by atoms with Gasteiger partial charge in [0.15, 0.2) is 0 Å². The van der Waals surface area contributed by atoms with Crippen molar-refractivity contribution in [3.63, 3.8) is 0 Å². The molecule has 0 saturated carbocycles. The van der Waals surface area contributed by atoms with Gasteiger partial charge in [0.2, 0.25) is 11.8 Å². The molecule has 0 aliphatic rings. The first kappa shape index (κ1) is 30.3. The minimum absolute atomic E-state index is 0.0610. The number of carbonyl (C=O) groups excluding carboxylic acids is 3. The van der Waals surface area contributed by atoms with E-state index in [4.69, 9.17) is 5.73 Å². The predicted molar refractivity (Wildman–Crippen MR) is 174 cm³/mol. The van der Waals surface area contributed by atoms with Crippen LogP contribution in [-0.4, -0.2) is 17.7 Å². The Hall–Kier alpha value is -5.69. The number of carbonyl (C=O) groups is 3. The molecule has 5 N–H and O–H groups in total. The summed E-state index contributed by atoms with van der Waals surface area (Å²) in [7, 11) is 0. The molecule has 7 nitrogen and oxygen atoms in total. The van der Waals surface area contributed by atoms with Crippen LogP contribution in [0.1, 0.15) is 27.0 Å². The Kier molecular flexibility index (Phi) is 10.8. The summed E-state index contributed by atoms with van der Waals surface area (Å²) in [6.07, 6.45) is 0.635. The van der Waals surface area contributed by atoms with E-state index < -0.39 is 0 Å². The summed E-state index contributed by atoms with van der Waals surface area (Å²) in [4.78, 5) is 36.5. The van der Waals surface area contributed by atoms with Crippen LogP contribution in [0.5, 0.6) is 0 Å². The quantitative estimate of drug-likeness (QED) is 0.152. The molecular formula is C36H34N4O3. The van der Waals surface area contributed by atoms with Crippen LogP contribution in [0.3, 0.4) is 0 Å². The van der Waals surface area contributed by atoms with Crippen molar-refractivity contribution in [1.82, 2.24) is 0 Å². The smallest absolute Gasteiger partial charge is 0.255 e. The Morgan fingerprint density at radius 2 is 1.00 bits per heavy atom. The summed E-state index contributed by atoms with van der Waals surface area (Å²) in [6, 6.07) is 40.9. The highest BCUT2D eigenvalue weighted by atomic mass is 16.2. The van der Waals surface area contributed by atoms with Crippen molar-refractivity contribution in [3.8, 4) is 0 Å². The molecule has 5 aromatic rings. The fourth-order valence-corrected chi connectivity index (χ4v) is 4.24. The molecule has 0 bridgehead atoms. The first-order chi connectivity index (χ1) is 20.9. The lowest BCUT2D eigenvalue weighted by molar-refractivity contribution is -0.116. The van der Waals surface area contributed by atoms with E-state index >= 15 is 0 Å². The molecule has 0 heterocycles. The third-order valence-electron chi connectivity index (χ3n) is 6.38. The molecule has 43 heavy (non-hydrogen) atoms. The molecule has 0 spiro atoms. The summed E-state index contributed by atoms with van der Waals surface area (Å²) in [6.45, 7) is 1.94. The number of nitrogens with two attached hydrogens (primary N) is 1. The van der Waals surface area contributed by atoms with Crippen LogP contribution >= 0.6 is 0 Å². The predicted octanol–water partition coefficient (Wildman–Crippen LogP) is 6.88. The van der Waals surface area contributed by atoms with Crippen molar-refractivity contribution < 1.29 is 14.4 Å². The summed E-state index contributed by atoms with van der Waals surface area (Å²) < 4.78 is 0. The number of hydrogen-bond acceptors (Lipinski definition) is 4. The minimum atomic E-state index is -0.210. The molecule has 7 heteroatoms. The van der Waals surface area contributed by atoms with Crippen molar-refractivity contribution in [1.29, 1.82) is 0 Å². The van der Waals surface area contributed by atoms with Gasteiger partial charge in [-0.1, -0.05) is 103 Å². The lowest BCUT2D eigenvalue weighted by Gasteiger charge is -2.12. The van der Waals surface area contributed by atoms with E-state index in [1.807, 2.05) is 110 Å². The Morgan fingerprint density at radius 3 is 1.53 bits per heavy atom. The van der Waals surface area contributed by atoms with E-state index in [1.165, 1.54) is 0 Å². The molecule has 5 rings (SSSR count). The number of anilines is 4. The average molecular weight is 571 g/mol. The van der Waals surface area contributed by atoms with Gasteiger partial charge in [-0.2, -0.15) is 0 Å². The van der Waals surface area contributed by atoms with Crippen LogP contribution in [0.25, 0.3) is 0 Å². The zero-order valence-electron chi connectivity index (χ0n) is 23.9. The number of nitrogens with one attached hydrogen (secondary N) is 3. The van der Waals surface area contributed by atoms with Gasteiger partial charge in [0, 0.05) is 5.56 Å². The van der Waals surface area contributed by atoms with E-state index in [0.29, 0.717) is 34.7 Å². The van der Waals surface area contributed by atoms with Gasteiger partial charge in [-0.3, -0.25) is 14.4 Å². The number of rotatable bonds is 8. The molecule has 5 aromatic carbocycles. The van der Waals surface area contributed by atoms with Gasteiger partial charge in [-0.15, -0.1) is 0 Å². The van der Waals surface area contributed by atoms with Gasteiger partial charge < -0.3 is 21.7 Å². The van der Waals surface area contributed by atoms with Crippen molar-refractivity contribution in [3.05, 3.63) is 156 Å². The first-order valence-electron chi connectivity index (χ1n) is 13.9. The lowest BCUT2D eigenvalue weighted by atomic mass is 10.1. The van der Waals surface area contributed by atoms with Gasteiger partial charge in [-0.25, -0.2) is 0 Å². The topological polar surface area (TPSA) is 113 Å². The van der Waals surface area contributed by atoms with Crippen molar-refractivity contribution in [2.24, 2.45) is 0 Å². The number of para-hydroxylation sites is 4. The molecule has 0 fully saturated rings. The molecule has 216 valence electrons. The van der Waals surface area contributed by atoms with Gasteiger partial charge in [-0.05, 0) is 54.4 Å². The van der Waals surface area contributed by atoms with E-state index in [9.17, 15) is 14.4 Å². The molecule has 3 amide bonds. The number of aryl methyl sites for hydroxylation is 1. The van der Waals surface area contributed by atoms with E-state index in [-0.39, 0.29) is 24.1 Å². The highest BCUT2D eigenvalue weighted by Crippen LogP contribution is 2.22. The van der Waals surface area contributed by atoms with Crippen LogP contribution in [0.2, 0.25) is 0 Å². The summed E-state index contributed by atoms with van der Waals surface area (Å²) in [5.74, 6) is -0.402. The molecule has 0 aliphatic heterocycles. The second-order valence-electron chi connectivity index (χ2n) is 9.88. The molecule has 0 unspecified atom stereocenters. The average Bonchev–Trinajstić information content (AvgIpc) is 3.00. The zero-order chi connectivity index (χ0) is 30.4. The van der Waals surface area contributed by atoms with Crippen LogP contribution in [0.4, 0.5) is 22.7 Å². The standard InChI is InChI=1S/C22H20N2O2.C14H14N2O/c1-16-8-7-11-18(14-16)22(26)24-20-13-6-5-12-19(20)23-21(25)15-17-9-3-2-4-10-17;15-12-8-4-5-9-13(12)16-14(17)10-11-6-2-1-3-7-11/h2-14H,15H2,1H3,(H,23,25)(H,24,26);1-9H,10,15H2,(H,16,17). The Bertz CT molecular complexity index is 1670. The molecule has 0 radical (unpaired) electrons. The van der Waals surface area contributed by atoms with Gasteiger partial charge in [0.05, 0.1) is 35.6 Å². The molecular weight excluding hydrogens is 536 g/mol. The number of hydrogen-bond donors (Lipinski definition) is 4. The minimum Gasteiger partial charge on any atom is -0.397 e. The van der Waals surface area contributed by atoms with Crippen LogP contribution in [0, 0.1) is 6.92 Å². The van der Waals surface area contributed by atoms with E-state index in [1.54, 1.807) is 30.3 Å². The maximum atomic E-state index is 12.5. The highest BCUT2D eigenvalue weighted by Gasteiger charge is 2.11. The van der Waals surface area contributed by atoms with E-state index in [2.05, 4.69) is 16.0 Å². The fraction of sp³-hybridized carbons (Fsp3) is 0.0833. The summed E-state index contributed by atoms with van der Waals surface area (Å²) in [5, 5.41) is 8.54. The van der Waals surface area contributed by atoms with Crippen molar-refractivity contribution in [2.45, 2.75) is 19.8 Å². The molecule has 0 atom stereocenters. The third kappa shape index (κ3) is 9.72. The zero-order valence-corrected chi connectivity index (χ0v) is 23.9. The maximum absolute atomic E-state index is 12.5. The first-order valence-corrected chi connectivity index (χ1v) is 13.9. The summed E-state index contributed by atoms with van der Waals surface area (Å²) in [5.41, 5.74) is 11.7. The second kappa shape index (κ2) is 15.3. The van der Waals surface area contributed by atoms with Crippen molar-refractivity contribution in [2.75, 3.05) is 21.7 Å². The van der Waals surface area contributed by atoms with Gasteiger partial charge in [0.25, 0.3) is 5.91 Å². The third-order valence-corrected chi connectivity index (χ3v) is 6.38. The van der Waals surface area contributed by atoms with E-state index in [0.717, 1.165) is 16.7 Å². The number of nitrogen functional groups attached to an aromatic ring is 1. The van der Waals surface area contributed by atoms with Crippen LogP contribution < -0.4 is 21.7 Å². The Labute approximate surface area is 251 Å². The van der Waals surface area contributed by atoms with Crippen LogP contribution in [0.15, 0.2) is 133 Å². The largest absolute Gasteiger partial charge is 0.397 e. The SMILES string of the molecule is Cc1cccc(C(=O)Nc2ccccc2NC(=O)Cc2ccccc2)c1.Nc1ccccc1NC(=O)Cc1ccccc1. The highest BCUT2D eigenvalue weighted by molar-refractivity contribution is 6.07. The van der Waals surface area contributed by atoms with Crippen LogP contribution in [-0.2, 0) is 22.4 Å². The number of amides is 3. The van der Waals surface area contributed by atoms with Gasteiger partial charge in [0.1, 0.15) is 0 Å². The monoisotopic (exact) mass is 570 g/mol. The van der Waals surface area contributed by atoms with Gasteiger partial charge >= 0.3 is 0 Å². The summed E-state index contributed by atoms with van der Waals surface area (Å²) >= 11 is 0. The Morgan fingerprint density at radius 1 is 0.535 bits per heavy atom. The molecule has 0 aliphatic carbocycles. The fourth-order valence-electron chi connectivity index (χ4n) is 4.24. The van der Waals surface area contributed by atoms with Crippen molar-refractivity contribution >= 4 is 40.5 Å². The molecule has 0 aromatic heterocycles. The maximum Gasteiger partial charge on any atom is 0.255 e.